The summed E-state index contributed by atoms with van der Waals surface area (Å²) in [5.41, 5.74) is 3.40. The van der Waals surface area contributed by atoms with E-state index >= 15 is 0 Å². The van der Waals surface area contributed by atoms with Crippen LogP contribution in [0.2, 0.25) is 0 Å². The summed E-state index contributed by atoms with van der Waals surface area (Å²) in [7, 11) is 3.35. The minimum absolute atomic E-state index is 0.693. The molecule has 2 aromatic carbocycles. The lowest BCUT2D eigenvalue weighted by Gasteiger charge is -2.13. The van der Waals surface area contributed by atoms with Crippen molar-refractivity contribution in [2.75, 3.05) is 14.2 Å². The highest BCUT2D eigenvalue weighted by atomic mass is 16.5. The van der Waals surface area contributed by atoms with E-state index in [1.807, 2.05) is 47.4 Å². The number of ether oxygens (including phenoxy) is 2. The van der Waals surface area contributed by atoms with Crippen molar-refractivity contribution in [3.63, 3.8) is 0 Å². The second-order valence-corrected chi connectivity index (χ2v) is 5.38. The summed E-state index contributed by atoms with van der Waals surface area (Å²) in [6.07, 6.45) is 5.54. The number of aromatic nitrogens is 2. The van der Waals surface area contributed by atoms with Gasteiger partial charge < -0.3 is 19.4 Å². The van der Waals surface area contributed by atoms with Gasteiger partial charge in [0.25, 0.3) is 0 Å². The number of benzene rings is 2. The van der Waals surface area contributed by atoms with Gasteiger partial charge >= 0.3 is 0 Å². The van der Waals surface area contributed by atoms with Crippen molar-refractivity contribution in [3.8, 4) is 17.2 Å². The van der Waals surface area contributed by atoms with Crippen molar-refractivity contribution in [3.05, 3.63) is 72.3 Å². The smallest absolute Gasteiger partial charge is 0.123 e. The molecule has 124 valence electrons. The van der Waals surface area contributed by atoms with Gasteiger partial charge in [-0.15, -0.1) is 0 Å². The van der Waals surface area contributed by atoms with Crippen LogP contribution in [0.3, 0.4) is 0 Å². The van der Waals surface area contributed by atoms with Crippen molar-refractivity contribution in [2.24, 2.45) is 0 Å². The second kappa shape index (κ2) is 7.66. The molecular weight excluding hydrogens is 302 g/mol. The van der Waals surface area contributed by atoms with Crippen LogP contribution in [0.4, 0.5) is 0 Å². The highest BCUT2D eigenvalue weighted by molar-refractivity contribution is 5.42. The van der Waals surface area contributed by atoms with Crippen LogP contribution in [-0.4, -0.2) is 23.8 Å². The summed E-state index contributed by atoms with van der Waals surface area (Å²) in [5.74, 6) is 1.68. The van der Waals surface area contributed by atoms with Gasteiger partial charge in [0.05, 0.1) is 26.2 Å². The molecule has 0 saturated heterocycles. The van der Waals surface area contributed by atoms with Crippen molar-refractivity contribution < 1.29 is 9.47 Å². The quantitative estimate of drug-likeness (QED) is 0.725. The Hall–Kier alpha value is -2.79. The molecule has 3 aromatic rings. The predicted octanol–water partition coefficient (Wildman–Crippen LogP) is 3.18. The van der Waals surface area contributed by atoms with Crippen LogP contribution in [0.15, 0.2) is 61.2 Å². The molecule has 0 spiro atoms. The maximum atomic E-state index is 5.42. The number of nitrogens with one attached hydrogen (secondary N) is 1. The molecule has 0 bridgehead atoms. The van der Waals surface area contributed by atoms with Crippen LogP contribution in [-0.2, 0) is 13.1 Å². The van der Waals surface area contributed by atoms with E-state index in [0.29, 0.717) is 6.54 Å². The molecule has 0 fully saturated rings. The highest BCUT2D eigenvalue weighted by Gasteiger charge is 2.07. The zero-order valence-corrected chi connectivity index (χ0v) is 13.9. The van der Waals surface area contributed by atoms with E-state index in [0.717, 1.165) is 29.3 Å². The molecule has 24 heavy (non-hydrogen) atoms. The second-order valence-electron chi connectivity index (χ2n) is 5.38. The first kappa shape index (κ1) is 16.1. The Morgan fingerprint density at radius 3 is 2.58 bits per heavy atom. The average Bonchev–Trinajstić information content (AvgIpc) is 3.16. The maximum Gasteiger partial charge on any atom is 0.123 e. The molecule has 1 aromatic heterocycles. The third-order valence-electron chi connectivity index (χ3n) is 3.89. The first-order chi connectivity index (χ1) is 11.8. The van der Waals surface area contributed by atoms with Gasteiger partial charge in [0, 0.05) is 31.0 Å². The SMILES string of the molecule is COc1ccc(OC)c(CNCc2ccccc2-n2ccnc2)c1. The maximum absolute atomic E-state index is 5.42. The monoisotopic (exact) mass is 323 g/mol. The van der Waals surface area contributed by atoms with Crippen LogP contribution in [0.25, 0.3) is 5.69 Å². The number of hydrogen-bond acceptors (Lipinski definition) is 4. The molecule has 5 nitrogen and oxygen atoms in total. The third-order valence-corrected chi connectivity index (χ3v) is 3.89. The van der Waals surface area contributed by atoms with Crippen molar-refractivity contribution >= 4 is 0 Å². The van der Waals surface area contributed by atoms with Crippen LogP contribution in [0.1, 0.15) is 11.1 Å². The minimum atomic E-state index is 0.693. The number of para-hydroxylation sites is 1. The Morgan fingerprint density at radius 1 is 1.00 bits per heavy atom. The Kier molecular flexibility index (Phi) is 5.13. The van der Waals surface area contributed by atoms with Gasteiger partial charge in [0.15, 0.2) is 0 Å². The largest absolute Gasteiger partial charge is 0.497 e. The van der Waals surface area contributed by atoms with E-state index in [4.69, 9.17) is 9.47 Å². The molecule has 1 heterocycles. The van der Waals surface area contributed by atoms with E-state index in [-0.39, 0.29) is 0 Å². The molecule has 0 atom stereocenters. The van der Waals surface area contributed by atoms with Gasteiger partial charge in [-0.2, -0.15) is 0 Å². The molecule has 1 N–H and O–H groups in total. The van der Waals surface area contributed by atoms with Gasteiger partial charge in [0.2, 0.25) is 0 Å². The lowest BCUT2D eigenvalue weighted by molar-refractivity contribution is 0.397. The number of methoxy groups -OCH3 is 2. The topological polar surface area (TPSA) is 48.3 Å². The van der Waals surface area contributed by atoms with Gasteiger partial charge in [-0.05, 0) is 29.8 Å². The molecule has 0 amide bonds. The van der Waals surface area contributed by atoms with Crippen molar-refractivity contribution in [1.82, 2.24) is 14.9 Å². The van der Waals surface area contributed by atoms with Gasteiger partial charge in [-0.1, -0.05) is 18.2 Å². The number of nitrogens with zero attached hydrogens (tertiary/aromatic N) is 2. The standard InChI is InChI=1S/C19H21N3O2/c1-23-17-7-8-19(24-2)16(11-17)13-21-12-15-5-3-4-6-18(15)22-10-9-20-14-22/h3-11,14,21H,12-13H2,1-2H3. The Morgan fingerprint density at radius 2 is 1.83 bits per heavy atom. The molecule has 0 unspecified atom stereocenters. The fourth-order valence-corrected chi connectivity index (χ4v) is 2.67. The zero-order chi connectivity index (χ0) is 16.8. The fourth-order valence-electron chi connectivity index (χ4n) is 2.67. The van der Waals surface area contributed by atoms with Gasteiger partial charge in [-0.3, -0.25) is 0 Å². The van der Waals surface area contributed by atoms with Crippen LogP contribution in [0.5, 0.6) is 11.5 Å². The first-order valence-corrected chi connectivity index (χ1v) is 7.79. The fraction of sp³-hybridized carbons (Fsp3) is 0.211. The van der Waals surface area contributed by atoms with Gasteiger partial charge in [-0.25, -0.2) is 4.98 Å². The van der Waals surface area contributed by atoms with Crippen LogP contribution in [0, 0.1) is 0 Å². The molecule has 0 radical (unpaired) electrons. The predicted molar refractivity (Wildman–Crippen MR) is 93.7 cm³/mol. The lowest BCUT2D eigenvalue weighted by Crippen LogP contribution is -2.15. The highest BCUT2D eigenvalue weighted by Crippen LogP contribution is 2.24. The number of hydrogen-bond donors (Lipinski definition) is 1. The zero-order valence-electron chi connectivity index (χ0n) is 13.9. The normalized spacial score (nSPS) is 10.6. The third kappa shape index (κ3) is 3.58. The van der Waals surface area contributed by atoms with Crippen LogP contribution >= 0.6 is 0 Å². The molecule has 0 aliphatic carbocycles. The van der Waals surface area contributed by atoms with E-state index < -0.39 is 0 Å². The molecule has 0 aliphatic rings. The Balaban J connectivity index is 1.72. The van der Waals surface area contributed by atoms with Crippen molar-refractivity contribution in [1.29, 1.82) is 0 Å². The Labute approximate surface area is 141 Å². The molecular formula is C19H21N3O2. The van der Waals surface area contributed by atoms with Gasteiger partial charge in [0.1, 0.15) is 11.5 Å². The summed E-state index contributed by atoms with van der Waals surface area (Å²) < 4.78 is 12.7. The first-order valence-electron chi connectivity index (χ1n) is 7.79. The molecule has 5 heteroatoms. The van der Waals surface area contributed by atoms with E-state index in [9.17, 15) is 0 Å². The number of imidazole rings is 1. The van der Waals surface area contributed by atoms with Crippen molar-refractivity contribution in [2.45, 2.75) is 13.1 Å². The summed E-state index contributed by atoms with van der Waals surface area (Å²) >= 11 is 0. The summed E-state index contributed by atoms with van der Waals surface area (Å²) in [5, 5.41) is 3.48. The van der Waals surface area contributed by atoms with E-state index in [1.54, 1.807) is 20.4 Å². The molecule has 3 rings (SSSR count). The molecule has 0 saturated carbocycles. The van der Waals surface area contributed by atoms with Crippen LogP contribution < -0.4 is 14.8 Å². The van der Waals surface area contributed by atoms with E-state index in [2.05, 4.69) is 22.4 Å². The summed E-state index contributed by atoms with van der Waals surface area (Å²) in [4.78, 5) is 4.12. The molecule has 0 aliphatic heterocycles. The summed E-state index contributed by atoms with van der Waals surface area (Å²) in [6, 6.07) is 14.1. The Bertz CT molecular complexity index is 785. The minimum Gasteiger partial charge on any atom is -0.497 e. The average molecular weight is 323 g/mol. The van der Waals surface area contributed by atoms with E-state index in [1.165, 1.54) is 5.56 Å². The summed E-state index contributed by atoms with van der Waals surface area (Å²) in [6.45, 7) is 1.44. The number of rotatable bonds is 7. The lowest BCUT2D eigenvalue weighted by atomic mass is 10.1.